The van der Waals surface area contributed by atoms with E-state index in [4.69, 9.17) is 4.74 Å². The van der Waals surface area contributed by atoms with Crippen LogP contribution in [0, 0.1) is 0 Å². The first kappa shape index (κ1) is 72.9. The van der Waals surface area contributed by atoms with Gasteiger partial charge in [0.2, 0.25) is 5.91 Å². The van der Waals surface area contributed by atoms with Crippen molar-refractivity contribution in [2.45, 2.75) is 411 Å². The Bertz CT molecular complexity index is 1070. The van der Waals surface area contributed by atoms with E-state index in [1.54, 1.807) is 0 Å². The summed E-state index contributed by atoms with van der Waals surface area (Å²) in [6.45, 7) is 5.00. The van der Waals surface area contributed by atoms with E-state index in [1.807, 2.05) is 0 Å². The van der Waals surface area contributed by atoms with Gasteiger partial charge in [-0.1, -0.05) is 361 Å². The van der Waals surface area contributed by atoms with Crippen LogP contribution in [0.3, 0.4) is 0 Å². The van der Waals surface area contributed by atoms with Crippen molar-refractivity contribution < 1.29 is 24.5 Å². The molecule has 0 aliphatic rings. The summed E-state index contributed by atoms with van der Waals surface area (Å²) in [5.41, 5.74) is 0. The number of nitrogens with one attached hydrogen (secondary N) is 1. The van der Waals surface area contributed by atoms with Crippen LogP contribution in [0.5, 0.6) is 0 Å². The highest BCUT2D eigenvalue weighted by Gasteiger charge is 2.20. The lowest BCUT2D eigenvalue weighted by Gasteiger charge is -2.22. The number of unbranched alkanes of at least 4 members (excludes halogenated alkanes) is 54. The van der Waals surface area contributed by atoms with Crippen molar-refractivity contribution in [3.63, 3.8) is 0 Å². The van der Waals surface area contributed by atoms with E-state index in [1.165, 1.54) is 327 Å². The van der Waals surface area contributed by atoms with Gasteiger partial charge < -0.3 is 20.3 Å². The van der Waals surface area contributed by atoms with E-state index in [9.17, 15) is 19.8 Å². The molecule has 0 saturated heterocycles. The molecule has 2 unspecified atom stereocenters. The zero-order valence-corrected chi connectivity index (χ0v) is 50.6. The second kappa shape index (κ2) is 64.4. The Morgan fingerprint density at radius 3 is 0.824 bits per heavy atom. The van der Waals surface area contributed by atoms with Gasteiger partial charge in [-0.3, -0.25) is 9.59 Å². The highest BCUT2D eigenvalue weighted by atomic mass is 16.5. The molecule has 0 heterocycles. The van der Waals surface area contributed by atoms with E-state index in [2.05, 4.69) is 19.2 Å². The number of carbonyl (C=O) groups excluding carboxylic acids is 2. The number of carbonyl (C=O) groups is 2. The zero-order chi connectivity index (χ0) is 53.6. The molecular weight excluding hydrogens is 911 g/mol. The summed E-state index contributed by atoms with van der Waals surface area (Å²) < 4.78 is 5.51. The highest BCUT2D eigenvalue weighted by molar-refractivity contribution is 5.76. The Balaban J connectivity index is 3.35. The molecule has 0 radical (unpaired) electrons. The molecule has 0 rings (SSSR count). The Hall–Kier alpha value is -1.14. The maximum absolute atomic E-state index is 12.5. The molecule has 0 fully saturated rings. The number of amides is 1. The first-order valence-corrected chi connectivity index (χ1v) is 34.3. The molecule has 74 heavy (non-hydrogen) atoms. The average Bonchev–Trinajstić information content (AvgIpc) is 3.40. The summed E-state index contributed by atoms with van der Waals surface area (Å²) in [6, 6.07) is -0.541. The fourth-order valence-corrected chi connectivity index (χ4v) is 11.2. The van der Waals surface area contributed by atoms with Gasteiger partial charge in [0.1, 0.15) is 0 Å². The third-order valence-electron chi connectivity index (χ3n) is 16.4. The fraction of sp³-hybridized carbons (Fsp3) is 0.971. The van der Waals surface area contributed by atoms with E-state index in [0.29, 0.717) is 25.9 Å². The molecule has 0 aromatic rings. The normalized spacial score (nSPS) is 12.4. The van der Waals surface area contributed by atoms with Crippen LogP contribution in [-0.2, 0) is 14.3 Å². The van der Waals surface area contributed by atoms with Crippen LogP contribution in [0.25, 0.3) is 0 Å². The molecule has 0 aliphatic heterocycles. The predicted molar refractivity (Wildman–Crippen MR) is 324 cm³/mol. The standard InChI is InChI=1S/C68H135NO5/c1-3-5-7-9-11-13-15-17-19-21-25-30-34-38-42-46-50-54-58-62-68(73)74-63-59-55-51-47-43-39-35-31-27-24-22-23-26-29-33-37-41-45-49-53-57-61-67(72)69-65(64-70)66(71)60-56-52-48-44-40-36-32-28-20-18-16-14-12-10-8-6-4-2/h65-66,70-71H,3-64H2,1-2H3,(H,69,72). The minimum atomic E-state index is -0.664. The Kier molecular flexibility index (Phi) is 63.4. The summed E-state index contributed by atoms with van der Waals surface area (Å²) >= 11 is 0. The number of esters is 1. The number of hydrogen-bond acceptors (Lipinski definition) is 5. The van der Waals surface area contributed by atoms with Gasteiger partial charge in [-0.2, -0.15) is 0 Å². The van der Waals surface area contributed by atoms with Crippen LogP contribution in [0.2, 0.25) is 0 Å². The number of rotatable bonds is 65. The summed E-state index contributed by atoms with van der Waals surface area (Å²) in [7, 11) is 0. The van der Waals surface area contributed by atoms with E-state index < -0.39 is 12.1 Å². The van der Waals surface area contributed by atoms with Crippen molar-refractivity contribution in [1.82, 2.24) is 5.32 Å². The Labute approximate surface area is 464 Å². The van der Waals surface area contributed by atoms with Gasteiger partial charge >= 0.3 is 5.97 Å². The monoisotopic (exact) mass is 1050 g/mol. The zero-order valence-electron chi connectivity index (χ0n) is 50.6. The number of ether oxygens (including phenoxy) is 1. The molecule has 442 valence electrons. The van der Waals surface area contributed by atoms with Crippen LogP contribution >= 0.6 is 0 Å². The van der Waals surface area contributed by atoms with E-state index >= 15 is 0 Å². The first-order chi connectivity index (χ1) is 36.5. The Morgan fingerprint density at radius 2 is 0.554 bits per heavy atom. The molecule has 0 spiro atoms. The van der Waals surface area contributed by atoms with Crippen LogP contribution < -0.4 is 5.32 Å². The quantitative estimate of drug-likeness (QED) is 0.0417. The summed E-state index contributed by atoms with van der Waals surface area (Å²) in [4.78, 5) is 24.6. The molecule has 6 heteroatoms. The minimum Gasteiger partial charge on any atom is -0.466 e. The largest absolute Gasteiger partial charge is 0.466 e. The van der Waals surface area contributed by atoms with Crippen molar-refractivity contribution in [2.75, 3.05) is 13.2 Å². The molecule has 0 aromatic carbocycles. The van der Waals surface area contributed by atoms with Crippen molar-refractivity contribution in [3.05, 3.63) is 0 Å². The van der Waals surface area contributed by atoms with E-state index in [0.717, 1.165) is 38.5 Å². The topological polar surface area (TPSA) is 95.9 Å². The first-order valence-electron chi connectivity index (χ1n) is 34.3. The SMILES string of the molecule is CCCCCCCCCCCCCCCCCCCCCC(=O)OCCCCCCCCCCCCCCCCCCCCCCCC(=O)NC(CO)C(O)CCCCCCCCCCCCCCCCCCC. The molecule has 0 saturated carbocycles. The number of aliphatic hydroxyl groups is 2. The lowest BCUT2D eigenvalue weighted by Crippen LogP contribution is -2.45. The molecule has 1 amide bonds. The smallest absolute Gasteiger partial charge is 0.305 e. The molecule has 0 aliphatic carbocycles. The lowest BCUT2D eigenvalue weighted by atomic mass is 10.0. The van der Waals surface area contributed by atoms with Gasteiger partial charge in [-0.05, 0) is 25.7 Å². The molecular formula is C68H135NO5. The van der Waals surface area contributed by atoms with Gasteiger partial charge in [0.15, 0.2) is 0 Å². The Morgan fingerprint density at radius 1 is 0.324 bits per heavy atom. The average molecular weight is 1050 g/mol. The second-order valence-electron chi connectivity index (χ2n) is 23.9. The van der Waals surface area contributed by atoms with Gasteiger partial charge in [-0.15, -0.1) is 0 Å². The molecule has 0 aromatic heterocycles. The molecule has 0 bridgehead atoms. The molecule has 6 nitrogen and oxygen atoms in total. The molecule has 3 N–H and O–H groups in total. The van der Waals surface area contributed by atoms with Gasteiger partial charge in [0, 0.05) is 12.8 Å². The third kappa shape index (κ3) is 60.1. The second-order valence-corrected chi connectivity index (χ2v) is 23.9. The fourth-order valence-electron chi connectivity index (χ4n) is 11.2. The summed E-state index contributed by atoms with van der Waals surface area (Å²) in [5.74, 6) is -0.0133. The van der Waals surface area contributed by atoms with Crippen molar-refractivity contribution in [1.29, 1.82) is 0 Å². The van der Waals surface area contributed by atoms with Crippen LogP contribution in [0.4, 0.5) is 0 Å². The van der Waals surface area contributed by atoms with Crippen molar-refractivity contribution >= 4 is 11.9 Å². The van der Waals surface area contributed by atoms with Crippen LogP contribution in [-0.4, -0.2) is 47.4 Å². The van der Waals surface area contributed by atoms with Crippen molar-refractivity contribution in [2.24, 2.45) is 0 Å². The predicted octanol–water partition coefficient (Wildman–Crippen LogP) is 21.8. The van der Waals surface area contributed by atoms with Crippen LogP contribution in [0.15, 0.2) is 0 Å². The van der Waals surface area contributed by atoms with E-state index in [-0.39, 0.29) is 18.5 Å². The summed E-state index contributed by atoms with van der Waals surface area (Å²) in [6.07, 6.45) is 77.1. The highest BCUT2D eigenvalue weighted by Crippen LogP contribution is 2.19. The van der Waals surface area contributed by atoms with Gasteiger partial charge in [0.05, 0.1) is 25.4 Å². The maximum Gasteiger partial charge on any atom is 0.305 e. The maximum atomic E-state index is 12.5. The third-order valence-corrected chi connectivity index (χ3v) is 16.4. The van der Waals surface area contributed by atoms with Gasteiger partial charge in [0.25, 0.3) is 0 Å². The lowest BCUT2D eigenvalue weighted by molar-refractivity contribution is -0.143. The van der Waals surface area contributed by atoms with Crippen molar-refractivity contribution in [3.8, 4) is 0 Å². The van der Waals surface area contributed by atoms with Gasteiger partial charge in [-0.25, -0.2) is 0 Å². The number of hydrogen-bond donors (Lipinski definition) is 3. The number of aliphatic hydroxyl groups excluding tert-OH is 2. The summed E-state index contributed by atoms with van der Waals surface area (Å²) in [5, 5.41) is 23.4. The molecule has 2 atom stereocenters. The van der Waals surface area contributed by atoms with Crippen LogP contribution in [0.1, 0.15) is 399 Å². The minimum absolute atomic E-state index is 0.0183.